The number of benzene rings is 3. The van der Waals surface area contributed by atoms with Crippen LogP contribution in [0.1, 0.15) is 36.6 Å². The molecule has 0 spiro atoms. The van der Waals surface area contributed by atoms with E-state index in [1.807, 2.05) is 25.1 Å². The first-order valence-corrected chi connectivity index (χ1v) is 15.3. The Bertz CT molecular complexity index is 1630. The summed E-state index contributed by atoms with van der Waals surface area (Å²) >= 11 is 9.76. The van der Waals surface area contributed by atoms with E-state index in [0.717, 1.165) is 5.56 Å². The van der Waals surface area contributed by atoms with Crippen molar-refractivity contribution in [3.63, 3.8) is 0 Å². The number of hydrogen-bond acceptors (Lipinski definition) is 10. The van der Waals surface area contributed by atoms with Crippen LogP contribution in [0.5, 0.6) is 23.0 Å². The summed E-state index contributed by atoms with van der Waals surface area (Å²) in [6, 6.07) is 14.7. The Morgan fingerprint density at radius 1 is 1.11 bits per heavy atom. The van der Waals surface area contributed by atoms with Crippen molar-refractivity contribution in [1.82, 2.24) is 16.1 Å². The van der Waals surface area contributed by atoms with Crippen LogP contribution in [0.15, 0.2) is 75.4 Å². The molecule has 244 valence electrons. The van der Waals surface area contributed by atoms with E-state index in [9.17, 15) is 14.7 Å². The molecule has 1 heterocycles. The number of urea groups is 1. The lowest BCUT2D eigenvalue weighted by Crippen LogP contribution is -2.45. The number of ether oxygens (including phenoxy) is 5. The smallest absolute Gasteiger partial charge is 0.337 e. The Balaban J connectivity index is 1.39. The number of carbonyl (C=O) groups is 2. The lowest BCUT2D eigenvalue weighted by atomic mass is 9.95. The van der Waals surface area contributed by atoms with Crippen LogP contribution in [0.3, 0.4) is 0 Å². The number of allylic oxidation sites excluding steroid dienone is 1. The Morgan fingerprint density at radius 3 is 2.61 bits per heavy atom. The van der Waals surface area contributed by atoms with E-state index in [1.54, 1.807) is 43.3 Å². The van der Waals surface area contributed by atoms with Crippen LogP contribution in [0.25, 0.3) is 0 Å². The third kappa shape index (κ3) is 8.62. The van der Waals surface area contributed by atoms with Crippen molar-refractivity contribution in [2.24, 2.45) is 5.10 Å². The van der Waals surface area contributed by atoms with Gasteiger partial charge in [0.15, 0.2) is 29.2 Å². The van der Waals surface area contributed by atoms with Gasteiger partial charge in [-0.15, -0.1) is 0 Å². The van der Waals surface area contributed by atoms with Crippen LogP contribution in [-0.2, 0) is 16.1 Å². The Morgan fingerprint density at radius 2 is 1.89 bits per heavy atom. The molecule has 2 atom stereocenters. The highest BCUT2D eigenvalue weighted by molar-refractivity contribution is 9.10. The lowest BCUT2D eigenvalue weighted by Gasteiger charge is -2.28. The van der Waals surface area contributed by atoms with E-state index in [2.05, 4.69) is 37.1 Å². The molecule has 1 aliphatic heterocycles. The van der Waals surface area contributed by atoms with E-state index in [0.29, 0.717) is 55.9 Å². The number of rotatable bonds is 14. The fraction of sp³-hybridized carbons (Fsp3) is 0.281. The van der Waals surface area contributed by atoms with Crippen molar-refractivity contribution < 1.29 is 38.4 Å². The minimum Gasteiger partial charge on any atom is -0.493 e. The molecule has 0 unspecified atom stereocenters. The van der Waals surface area contributed by atoms with E-state index in [1.165, 1.54) is 20.4 Å². The number of methoxy groups -OCH3 is 2. The number of esters is 1. The number of aliphatic hydroxyl groups excluding tert-OH is 1. The maximum atomic E-state index is 12.5. The Hall–Kier alpha value is -4.46. The standard InChI is InChI=1S/C32H34BrClN4O8/c1-5-44-25-14-20(29-28(31(40)43-4)18(2)36-32(41)37-29)10-11-24(25)45-17-27(39)38-35-15-19-12-22(33)30(26(13-19)42-3)46-16-21-8-6-7-9-23(21)34/h6-15,27,29,38-39H,5,16-17H2,1-4H3,(H2,36,37,41)/b35-15+/t27-,29+/m1/s1. The van der Waals surface area contributed by atoms with Gasteiger partial charge >= 0.3 is 12.0 Å². The van der Waals surface area contributed by atoms with Crippen LogP contribution < -0.4 is 35.0 Å². The topological polar surface area (TPSA) is 149 Å². The lowest BCUT2D eigenvalue weighted by molar-refractivity contribution is -0.136. The van der Waals surface area contributed by atoms with Crippen molar-refractivity contribution in [3.05, 3.63) is 92.1 Å². The van der Waals surface area contributed by atoms with Crippen molar-refractivity contribution in [2.45, 2.75) is 32.7 Å². The van der Waals surface area contributed by atoms with Crippen molar-refractivity contribution in [1.29, 1.82) is 0 Å². The largest absolute Gasteiger partial charge is 0.493 e. The molecular formula is C32H34BrClN4O8. The first kappa shape index (κ1) is 34.4. The van der Waals surface area contributed by atoms with Gasteiger partial charge in [0.2, 0.25) is 0 Å². The van der Waals surface area contributed by atoms with Gasteiger partial charge in [0.05, 0.1) is 43.1 Å². The molecule has 1 aliphatic rings. The summed E-state index contributed by atoms with van der Waals surface area (Å²) in [6.45, 7) is 3.84. The first-order valence-electron chi connectivity index (χ1n) is 14.1. The normalized spacial score (nSPS) is 15.1. The number of nitrogens with one attached hydrogen (secondary N) is 3. The first-order chi connectivity index (χ1) is 22.1. The van der Waals surface area contributed by atoms with Crippen molar-refractivity contribution in [3.8, 4) is 23.0 Å². The molecule has 0 saturated heterocycles. The number of aliphatic hydroxyl groups is 1. The SMILES string of the molecule is CCOc1cc([C@@H]2NC(=O)NC(C)=C2C(=O)OC)ccc1OC[C@@H](O)N/N=C/c1cc(Br)c(OCc2ccccc2Cl)c(OC)c1. The third-order valence-electron chi connectivity index (χ3n) is 6.69. The number of hydrazone groups is 1. The van der Waals surface area contributed by atoms with E-state index in [4.69, 9.17) is 35.3 Å². The minimum absolute atomic E-state index is 0.172. The highest BCUT2D eigenvalue weighted by atomic mass is 79.9. The second-order valence-electron chi connectivity index (χ2n) is 9.83. The van der Waals surface area contributed by atoms with Gasteiger partial charge in [0.25, 0.3) is 0 Å². The molecule has 12 nitrogen and oxygen atoms in total. The van der Waals surface area contributed by atoms with Gasteiger partial charge < -0.3 is 39.4 Å². The van der Waals surface area contributed by atoms with Crippen molar-refractivity contribution in [2.75, 3.05) is 27.4 Å². The zero-order chi connectivity index (χ0) is 33.2. The minimum atomic E-state index is -1.17. The molecule has 0 radical (unpaired) electrons. The number of hydrogen-bond donors (Lipinski definition) is 4. The van der Waals surface area contributed by atoms with Crippen LogP contribution in [0, 0.1) is 0 Å². The number of halogens is 2. The van der Waals surface area contributed by atoms with Gasteiger partial charge in [-0.05, 0) is 71.2 Å². The molecule has 0 bridgehead atoms. The highest BCUT2D eigenvalue weighted by Gasteiger charge is 2.32. The highest BCUT2D eigenvalue weighted by Crippen LogP contribution is 2.37. The van der Waals surface area contributed by atoms with Gasteiger partial charge in [-0.2, -0.15) is 5.10 Å². The monoisotopic (exact) mass is 716 g/mol. The van der Waals surface area contributed by atoms with E-state index < -0.39 is 24.3 Å². The fourth-order valence-electron chi connectivity index (χ4n) is 4.54. The Labute approximate surface area is 279 Å². The second kappa shape index (κ2) is 16.2. The van der Waals surface area contributed by atoms with E-state index >= 15 is 0 Å². The zero-order valence-electron chi connectivity index (χ0n) is 25.6. The average Bonchev–Trinajstić information content (AvgIpc) is 3.03. The van der Waals surface area contributed by atoms with Gasteiger partial charge in [0.1, 0.15) is 13.2 Å². The molecule has 0 saturated carbocycles. The van der Waals surface area contributed by atoms with Gasteiger partial charge in [-0.25, -0.2) is 9.59 Å². The predicted octanol–water partition coefficient (Wildman–Crippen LogP) is 5.21. The molecule has 4 N–H and O–H groups in total. The second-order valence-corrected chi connectivity index (χ2v) is 11.1. The summed E-state index contributed by atoms with van der Waals surface area (Å²) in [5, 5.41) is 20.5. The molecule has 0 aliphatic carbocycles. The summed E-state index contributed by atoms with van der Waals surface area (Å²) < 4.78 is 28.6. The van der Waals surface area contributed by atoms with Gasteiger partial charge in [-0.3, -0.25) is 5.43 Å². The van der Waals surface area contributed by atoms with Crippen LogP contribution in [0.4, 0.5) is 4.79 Å². The summed E-state index contributed by atoms with van der Waals surface area (Å²) in [5.74, 6) is 1.11. The molecule has 0 fully saturated rings. The summed E-state index contributed by atoms with van der Waals surface area (Å²) in [4.78, 5) is 24.6. The zero-order valence-corrected chi connectivity index (χ0v) is 27.9. The van der Waals surface area contributed by atoms with Crippen molar-refractivity contribution >= 4 is 45.7 Å². The molecule has 46 heavy (non-hydrogen) atoms. The fourth-order valence-corrected chi connectivity index (χ4v) is 5.30. The molecular weight excluding hydrogens is 684 g/mol. The van der Waals surface area contributed by atoms with Crippen LogP contribution in [-0.4, -0.2) is 57.0 Å². The maximum Gasteiger partial charge on any atom is 0.337 e. The van der Waals surface area contributed by atoms with Gasteiger partial charge in [0, 0.05) is 16.3 Å². The number of amides is 2. The Kier molecular flexibility index (Phi) is 12.1. The van der Waals surface area contributed by atoms with E-state index in [-0.39, 0.29) is 18.8 Å². The average molecular weight is 718 g/mol. The summed E-state index contributed by atoms with van der Waals surface area (Å²) in [5.41, 5.74) is 5.36. The maximum absolute atomic E-state index is 12.5. The van der Waals surface area contributed by atoms with Crippen LogP contribution in [0.2, 0.25) is 5.02 Å². The summed E-state index contributed by atoms with van der Waals surface area (Å²) in [7, 11) is 2.80. The third-order valence-corrected chi connectivity index (χ3v) is 7.65. The summed E-state index contributed by atoms with van der Waals surface area (Å²) in [6.07, 6.45) is 0.338. The molecule has 3 aromatic rings. The van der Waals surface area contributed by atoms with Gasteiger partial charge in [-0.1, -0.05) is 35.9 Å². The van der Waals surface area contributed by atoms with Crippen LogP contribution >= 0.6 is 27.5 Å². The molecule has 2 amide bonds. The molecule has 4 rings (SSSR count). The quantitative estimate of drug-likeness (QED) is 0.0764. The molecule has 3 aromatic carbocycles. The number of carbonyl (C=O) groups excluding carboxylic acids is 2. The molecule has 0 aromatic heterocycles. The molecule has 14 heteroatoms. The predicted molar refractivity (Wildman–Crippen MR) is 175 cm³/mol. The number of nitrogens with zero attached hydrogens (tertiary/aromatic N) is 1.